The quantitative estimate of drug-likeness (QED) is 0.749. The number of rotatable bonds is 4. The Morgan fingerprint density at radius 2 is 1.53 bits per heavy atom. The third kappa shape index (κ3) is 2.80. The largest absolute Gasteiger partial charge is 0.380 e. The lowest BCUT2D eigenvalue weighted by molar-refractivity contribution is 0.103. The molecular weight excluding hydrogens is 212 g/mol. The Morgan fingerprint density at radius 1 is 0.941 bits per heavy atom. The molecule has 0 saturated heterocycles. The van der Waals surface area contributed by atoms with E-state index in [1.165, 1.54) is 0 Å². The average Bonchev–Trinajstić information content (AvgIpc) is 2.40. The zero-order valence-electron chi connectivity index (χ0n) is 9.72. The number of carbonyl (C=O) groups excluding carboxylic acids is 1. The van der Waals surface area contributed by atoms with Gasteiger partial charge in [0.15, 0.2) is 5.78 Å². The maximum Gasteiger partial charge on any atom is 0.193 e. The van der Waals surface area contributed by atoms with Crippen LogP contribution in [0.5, 0.6) is 0 Å². The van der Waals surface area contributed by atoms with Crippen molar-refractivity contribution in [1.82, 2.24) is 0 Å². The molecule has 0 unspecified atom stereocenters. The van der Waals surface area contributed by atoms with E-state index < -0.39 is 0 Å². The minimum atomic E-state index is 0.0505. The fraction of sp³-hybridized carbons (Fsp3) is 0.133. The normalized spacial score (nSPS) is 10.2. The standard InChI is InChI=1S/C15H14O2/c1-17-11-12-7-9-14(10-8-12)15(16)13-5-3-2-4-6-13/h2-10H,11H2,1H3. The highest BCUT2D eigenvalue weighted by Gasteiger charge is 2.07. The van der Waals surface area contributed by atoms with E-state index in [4.69, 9.17) is 4.74 Å². The first kappa shape index (κ1) is 11.6. The Kier molecular flexibility index (Phi) is 3.68. The molecule has 2 aromatic rings. The van der Waals surface area contributed by atoms with Gasteiger partial charge in [0, 0.05) is 18.2 Å². The third-order valence-electron chi connectivity index (χ3n) is 2.56. The fourth-order valence-electron chi connectivity index (χ4n) is 1.68. The van der Waals surface area contributed by atoms with Crippen LogP contribution in [0, 0.1) is 0 Å². The smallest absolute Gasteiger partial charge is 0.193 e. The highest BCUT2D eigenvalue weighted by Crippen LogP contribution is 2.11. The molecule has 0 aliphatic rings. The fourth-order valence-corrected chi connectivity index (χ4v) is 1.68. The molecule has 0 heterocycles. The lowest BCUT2D eigenvalue weighted by Crippen LogP contribution is -2.01. The van der Waals surface area contributed by atoms with Crippen LogP contribution in [0.25, 0.3) is 0 Å². The van der Waals surface area contributed by atoms with Crippen LogP contribution in [-0.2, 0) is 11.3 Å². The monoisotopic (exact) mass is 226 g/mol. The summed E-state index contributed by atoms with van der Waals surface area (Å²) in [5.74, 6) is 0.0505. The number of methoxy groups -OCH3 is 1. The Morgan fingerprint density at radius 3 is 2.12 bits per heavy atom. The van der Waals surface area contributed by atoms with Crippen LogP contribution in [0.2, 0.25) is 0 Å². The maximum absolute atomic E-state index is 12.1. The number of hydrogen-bond donors (Lipinski definition) is 0. The SMILES string of the molecule is COCc1ccc(C(=O)c2ccccc2)cc1. The van der Waals surface area contributed by atoms with E-state index in [0.29, 0.717) is 17.7 Å². The second-order valence-electron chi connectivity index (χ2n) is 3.83. The molecule has 0 bridgehead atoms. The van der Waals surface area contributed by atoms with Gasteiger partial charge in [-0.05, 0) is 5.56 Å². The van der Waals surface area contributed by atoms with Gasteiger partial charge < -0.3 is 4.74 Å². The summed E-state index contributed by atoms with van der Waals surface area (Å²) in [5, 5.41) is 0. The molecule has 2 nitrogen and oxygen atoms in total. The minimum absolute atomic E-state index is 0.0505. The molecule has 0 aliphatic carbocycles. The van der Waals surface area contributed by atoms with Crippen molar-refractivity contribution in [2.24, 2.45) is 0 Å². The topological polar surface area (TPSA) is 26.3 Å². The third-order valence-corrected chi connectivity index (χ3v) is 2.56. The second-order valence-corrected chi connectivity index (χ2v) is 3.83. The van der Waals surface area contributed by atoms with Crippen LogP contribution in [-0.4, -0.2) is 12.9 Å². The highest BCUT2D eigenvalue weighted by molar-refractivity contribution is 6.08. The number of carbonyl (C=O) groups is 1. The summed E-state index contributed by atoms with van der Waals surface area (Å²) in [6, 6.07) is 16.8. The number of ether oxygens (including phenoxy) is 1. The van der Waals surface area contributed by atoms with Gasteiger partial charge in [-0.2, -0.15) is 0 Å². The van der Waals surface area contributed by atoms with Crippen molar-refractivity contribution in [3.8, 4) is 0 Å². The van der Waals surface area contributed by atoms with Crippen LogP contribution < -0.4 is 0 Å². The van der Waals surface area contributed by atoms with Gasteiger partial charge in [0.05, 0.1) is 6.61 Å². The van der Waals surface area contributed by atoms with Gasteiger partial charge in [-0.1, -0.05) is 54.6 Å². The second kappa shape index (κ2) is 5.41. The van der Waals surface area contributed by atoms with Crippen LogP contribution in [0.1, 0.15) is 21.5 Å². The summed E-state index contributed by atoms with van der Waals surface area (Å²) < 4.78 is 5.03. The summed E-state index contributed by atoms with van der Waals surface area (Å²) in [6.45, 7) is 0.569. The number of benzene rings is 2. The van der Waals surface area contributed by atoms with Gasteiger partial charge in [-0.3, -0.25) is 4.79 Å². The molecule has 0 N–H and O–H groups in total. The summed E-state index contributed by atoms with van der Waals surface area (Å²) >= 11 is 0. The van der Waals surface area contributed by atoms with Gasteiger partial charge >= 0.3 is 0 Å². The molecule has 0 aliphatic heterocycles. The Labute approximate surface area is 101 Å². The van der Waals surface area contributed by atoms with Crippen molar-refractivity contribution in [2.75, 3.05) is 7.11 Å². The van der Waals surface area contributed by atoms with E-state index in [2.05, 4.69) is 0 Å². The van der Waals surface area contributed by atoms with Crippen molar-refractivity contribution in [3.63, 3.8) is 0 Å². The Hall–Kier alpha value is -1.93. The number of hydrogen-bond acceptors (Lipinski definition) is 2. The number of ketones is 1. The first-order valence-corrected chi connectivity index (χ1v) is 5.49. The predicted octanol–water partition coefficient (Wildman–Crippen LogP) is 3.06. The zero-order chi connectivity index (χ0) is 12.1. The summed E-state index contributed by atoms with van der Waals surface area (Å²) in [6.07, 6.45) is 0. The van der Waals surface area contributed by atoms with E-state index >= 15 is 0 Å². The van der Waals surface area contributed by atoms with Gasteiger partial charge in [-0.25, -0.2) is 0 Å². The molecule has 2 aromatic carbocycles. The average molecular weight is 226 g/mol. The Balaban J connectivity index is 2.20. The van der Waals surface area contributed by atoms with Crippen molar-refractivity contribution >= 4 is 5.78 Å². The minimum Gasteiger partial charge on any atom is -0.380 e. The molecular formula is C15H14O2. The first-order chi connectivity index (χ1) is 8.31. The molecule has 17 heavy (non-hydrogen) atoms. The van der Waals surface area contributed by atoms with Crippen molar-refractivity contribution in [3.05, 3.63) is 71.3 Å². The van der Waals surface area contributed by atoms with Gasteiger partial charge in [0.2, 0.25) is 0 Å². The van der Waals surface area contributed by atoms with Gasteiger partial charge in [0.25, 0.3) is 0 Å². The highest BCUT2D eigenvalue weighted by atomic mass is 16.5. The molecule has 0 amide bonds. The molecule has 0 spiro atoms. The summed E-state index contributed by atoms with van der Waals surface area (Å²) in [5.41, 5.74) is 2.49. The molecule has 2 heteroatoms. The molecule has 0 saturated carbocycles. The van der Waals surface area contributed by atoms with E-state index in [0.717, 1.165) is 5.56 Å². The van der Waals surface area contributed by atoms with Crippen LogP contribution >= 0.6 is 0 Å². The molecule has 0 atom stereocenters. The van der Waals surface area contributed by atoms with Crippen molar-refractivity contribution in [1.29, 1.82) is 0 Å². The summed E-state index contributed by atoms with van der Waals surface area (Å²) in [4.78, 5) is 12.1. The van der Waals surface area contributed by atoms with Crippen LogP contribution in [0.15, 0.2) is 54.6 Å². The van der Waals surface area contributed by atoms with Gasteiger partial charge in [0.1, 0.15) is 0 Å². The van der Waals surface area contributed by atoms with E-state index in [1.54, 1.807) is 7.11 Å². The molecule has 86 valence electrons. The Bertz CT molecular complexity index is 486. The van der Waals surface area contributed by atoms with Gasteiger partial charge in [-0.15, -0.1) is 0 Å². The molecule has 0 fully saturated rings. The maximum atomic E-state index is 12.1. The summed E-state index contributed by atoms with van der Waals surface area (Å²) in [7, 11) is 1.66. The van der Waals surface area contributed by atoms with Crippen LogP contribution in [0.4, 0.5) is 0 Å². The van der Waals surface area contributed by atoms with E-state index in [-0.39, 0.29) is 5.78 Å². The molecule has 0 aromatic heterocycles. The first-order valence-electron chi connectivity index (χ1n) is 5.49. The van der Waals surface area contributed by atoms with Crippen LogP contribution in [0.3, 0.4) is 0 Å². The van der Waals surface area contributed by atoms with E-state index in [1.807, 2.05) is 54.6 Å². The molecule has 0 radical (unpaired) electrons. The van der Waals surface area contributed by atoms with Crippen molar-refractivity contribution < 1.29 is 9.53 Å². The van der Waals surface area contributed by atoms with Crippen molar-refractivity contribution in [2.45, 2.75) is 6.61 Å². The van der Waals surface area contributed by atoms with E-state index in [9.17, 15) is 4.79 Å². The lowest BCUT2D eigenvalue weighted by Gasteiger charge is -2.03. The molecule has 2 rings (SSSR count). The lowest BCUT2D eigenvalue weighted by atomic mass is 10.0. The predicted molar refractivity (Wildman–Crippen MR) is 67.0 cm³/mol. The zero-order valence-corrected chi connectivity index (χ0v) is 9.72.